The molecule has 0 unspecified atom stereocenters. The van der Waals surface area contributed by atoms with Crippen LogP contribution >= 0.6 is 12.2 Å². The van der Waals surface area contributed by atoms with E-state index in [4.69, 9.17) is 4.74 Å². The molecule has 1 atom stereocenters. The molecular weight excluding hydrogens is 212 g/mol. The van der Waals surface area contributed by atoms with Gasteiger partial charge in [-0.15, -0.1) is 0 Å². The average Bonchev–Trinajstić information content (AvgIpc) is 2.50. The topological polar surface area (TPSA) is 41.9 Å². The van der Waals surface area contributed by atoms with Gasteiger partial charge in [-0.1, -0.05) is 0 Å². The van der Waals surface area contributed by atoms with Gasteiger partial charge in [0.05, 0.1) is 11.2 Å². The Labute approximate surface area is 95.3 Å². The summed E-state index contributed by atoms with van der Waals surface area (Å²) in [6, 6.07) is 0.0926. The Morgan fingerprint density at radius 3 is 2.80 bits per heavy atom. The minimum absolute atomic E-state index is 0.0926. The third-order valence-electron chi connectivity index (χ3n) is 2.05. The molecule has 0 radical (unpaired) electrons. The zero-order valence-electron chi connectivity index (χ0n) is 9.32. The van der Waals surface area contributed by atoms with E-state index >= 15 is 0 Å². The zero-order valence-corrected chi connectivity index (χ0v) is 10.1. The molecule has 1 fully saturated rings. The number of isothiocyanates is 1. The first-order valence-electron chi connectivity index (χ1n) is 4.97. The molecule has 0 aromatic carbocycles. The molecule has 1 aliphatic rings. The molecule has 84 valence electrons. The summed E-state index contributed by atoms with van der Waals surface area (Å²) in [5, 5.41) is 2.35. The number of thiocarbonyl (C=S) groups is 1. The number of amides is 1. The van der Waals surface area contributed by atoms with Crippen molar-refractivity contribution < 1.29 is 9.53 Å². The van der Waals surface area contributed by atoms with Crippen LogP contribution in [0.2, 0.25) is 0 Å². The van der Waals surface area contributed by atoms with Gasteiger partial charge in [-0.05, 0) is 39.4 Å². The molecule has 5 heteroatoms. The number of aliphatic imine (C=N–C) groups is 1. The minimum Gasteiger partial charge on any atom is -0.444 e. The summed E-state index contributed by atoms with van der Waals surface area (Å²) in [6.45, 7) is 6.83. The first-order valence-corrected chi connectivity index (χ1v) is 5.38. The van der Waals surface area contributed by atoms with E-state index in [1.165, 1.54) is 0 Å². The highest BCUT2D eigenvalue weighted by Crippen LogP contribution is 2.16. The summed E-state index contributed by atoms with van der Waals surface area (Å²) in [5.41, 5.74) is -0.442. The number of hydrogen-bond donors (Lipinski definition) is 0. The number of carbonyl (C=O) groups is 1. The summed E-state index contributed by atoms with van der Waals surface area (Å²) >= 11 is 4.53. The molecule has 0 aromatic rings. The highest BCUT2D eigenvalue weighted by Gasteiger charge is 2.29. The fourth-order valence-electron chi connectivity index (χ4n) is 1.41. The molecular formula is C10H16N2O2S. The van der Waals surface area contributed by atoms with Crippen molar-refractivity contribution in [3.63, 3.8) is 0 Å². The molecule has 1 rings (SSSR count). The van der Waals surface area contributed by atoms with Gasteiger partial charge in [0, 0.05) is 13.1 Å². The van der Waals surface area contributed by atoms with Crippen LogP contribution in [0.1, 0.15) is 27.2 Å². The highest BCUT2D eigenvalue weighted by molar-refractivity contribution is 7.78. The van der Waals surface area contributed by atoms with Crippen molar-refractivity contribution in [1.82, 2.24) is 4.90 Å². The summed E-state index contributed by atoms with van der Waals surface area (Å²) in [7, 11) is 0. The van der Waals surface area contributed by atoms with Crippen molar-refractivity contribution >= 4 is 23.5 Å². The molecule has 0 N–H and O–H groups in total. The van der Waals surface area contributed by atoms with Crippen LogP contribution in [-0.2, 0) is 4.74 Å². The fraction of sp³-hybridized carbons (Fsp3) is 0.800. The van der Waals surface area contributed by atoms with E-state index in [9.17, 15) is 4.79 Å². The molecule has 0 aliphatic carbocycles. The summed E-state index contributed by atoms with van der Waals surface area (Å²) in [4.78, 5) is 17.3. The lowest BCUT2D eigenvalue weighted by Crippen LogP contribution is -2.35. The first-order chi connectivity index (χ1) is 6.92. The Balaban J connectivity index is 2.47. The Morgan fingerprint density at radius 2 is 2.27 bits per heavy atom. The Kier molecular flexibility index (Phi) is 3.83. The van der Waals surface area contributed by atoms with Crippen molar-refractivity contribution in [3.8, 4) is 0 Å². The second-order valence-corrected chi connectivity index (χ2v) is 4.77. The van der Waals surface area contributed by atoms with Gasteiger partial charge in [0.15, 0.2) is 0 Å². The van der Waals surface area contributed by atoms with E-state index < -0.39 is 5.60 Å². The van der Waals surface area contributed by atoms with Crippen LogP contribution in [0.4, 0.5) is 4.79 Å². The number of nitrogens with zero attached hydrogens (tertiary/aromatic N) is 2. The zero-order chi connectivity index (χ0) is 11.5. The van der Waals surface area contributed by atoms with Crippen LogP contribution < -0.4 is 0 Å². The van der Waals surface area contributed by atoms with Crippen molar-refractivity contribution in [2.45, 2.75) is 38.8 Å². The van der Waals surface area contributed by atoms with Gasteiger partial charge in [-0.25, -0.2) is 9.79 Å². The summed E-state index contributed by atoms with van der Waals surface area (Å²) in [5.74, 6) is 0. The van der Waals surface area contributed by atoms with E-state index in [0.717, 1.165) is 6.42 Å². The lowest BCUT2D eigenvalue weighted by molar-refractivity contribution is 0.0293. The lowest BCUT2D eigenvalue weighted by Gasteiger charge is -2.24. The fourth-order valence-corrected chi connectivity index (χ4v) is 1.56. The van der Waals surface area contributed by atoms with Crippen LogP contribution in [-0.4, -0.2) is 40.9 Å². The number of rotatable bonds is 1. The van der Waals surface area contributed by atoms with Gasteiger partial charge in [0.25, 0.3) is 0 Å². The molecule has 0 aromatic heterocycles. The number of ether oxygens (including phenoxy) is 1. The van der Waals surface area contributed by atoms with E-state index in [1.54, 1.807) is 4.90 Å². The Hall–Kier alpha value is -0.930. The molecule has 1 aliphatic heterocycles. The third kappa shape index (κ3) is 3.98. The predicted molar refractivity (Wildman–Crippen MR) is 61.2 cm³/mol. The molecule has 1 amide bonds. The van der Waals surface area contributed by atoms with Crippen LogP contribution in [0.15, 0.2) is 4.99 Å². The quantitative estimate of drug-likeness (QED) is 0.510. The number of carbonyl (C=O) groups excluding carboxylic acids is 1. The van der Waals surface area contributed by atoms with Gasteiger partial charge >= 0.3 is 6.09 Å². The molecule has 0 saturated carbocycles. The molecule has 15 heavy (non-hydrogen) atoms. The van der Waals surface area contributed by atoms with Crippen molar-refractivity contribution in [3.05, 3.63) is 0 Å². The monoisotopic (exact) mass is 228 g/mol. The van der Waals surface area contributed by atoms with Gasteiger partial charge in [-0.2, -0.15) is 0 Å². The maximum atomic E-state index is 11.6. The van der Waals surface area contributed by atoms with Gasteiger partial charge in [0.2, 0.25) is 0 Å². The number of hydrogen-bond acceptors (Lipinski definition) is 4. The predicted octanol–water partition coefficient (Wildman–Crippen LogP) is 2.10. The van der Waals surface area contributed by atoms with Gasteiger partial charge < -0.3 is 9.64 Å². The van der Waals surface area contributed by atoms with Crippen LogP contribution in [0, 0.1) is 0 Å². The van der Waals surface area contributed by atoms with Crippen LogP contribution in [0.3, 0.4) is 0 Å². The molecule has 1 heterocycles. The molecule has 1 saturated heterocycles. The second-order valence-electron chi connectivity index (χ2n) is 4.59. The third-order valence-corrected chi connectivity index (χ3v) is 2.16. The summed E-state index contributed by atoms with van der Waals surface area (Å²) < 4.78 is 5.25. The Bertz CT molecular complexity index is 292. The average molecular weight is 228 g/mol. The second kappa shape index (κ2) is 4.73. The van der Waals surface area contributed by atoms with Gasteiger partial charge in [0.1, 0.15) is 5.60 Å². The normalized spacial score (nSPS) is 21.0. The van der Waals surface area contributed by atoms with Crippen LogP contribution in [0.5, 0.6) is 0 Å². The van der Waals surface area contributed by atoms with Crippen molar-refractivity contribution in [2.24, 2.45) is 4.99 Å². The van der Waals surface area contributed by atoms with E-state index in [-0.39, 0.29) is 12.1 Å². The largest absolute Gasteiger partial charge is 0.444 e. The Morgan fingerprint density at radius 1 is 1.60 bits per heavy atom. The first kappa shape index (κ1) is 12.1. The smallest absolute Gasteiger partial charge is 0.410 e. The lowest BCUT2D eigenvalue weighted by atomic mass is 10.2. The standard InChI is InChI=1S/C10H16N2O2S/c1-10(2,3)14-9(13)12-5-4-8(6-12)11-7-15/h8H,4-6H2,1-3H3/t8-/m0/s1. The molecule has 0 bridgehead atoms. The SMILES string of the molecule is CC(C)(C)OC(=O)N1CC[C@H](N=C=S)C1. The minimum atomic E-state index is -0.442. The van der Waals surface area contributed by atoms with Crippen molar-refractivity contribution in [2.75, 3.05) is 13.1 Å². The van der Waals surface area contributed by atoms with E-state index in [1.807, 2.05) is 20.8 Å². The number of likely N-dealkylation sites (tertiary alicyclic amines) is 1. The maximum absolute atomic E-state index is 11.6. The maximum Gasteiger partial charge on any atom is 0.410 e. The summed E-state index contributed by atoms with van der Waals surface area (Å²) in [6.07, 6.45) is 0.563. The van der Waals surface area contributed by atoms with Crippen LogP contribution in [0.25, 0.3) is 0 Å². The molecule has 0 spiro atoms. The molecule has 4 nitrogen and oxygen atoms in total. The van der Waals surface area contributed by atoms with E-state index in [0.29, 0.717) is 13.1 Å². The van der Waals surface area contributed by atoms with E-state index in [2.05, 4.69) is 22.4 Å². The van der Waals surface area contributed by atoms with Crippen molar-refractivity contribution in [1.29, 1.82) is 0 Å². The van der Waals surface area contributed by atoms with Gasteiger partial charge in [-0.3, -0.25) is 0 Å². The highest BCUT2D eigenvalue weighted by atomic mass is 32.1.